The number of aromatic amines is 1. The normalized spacial score (nSPS) is 22.1. The molecule has 2 heterocycles. The number of H-pyrrole nitrogens is 1. The fraction of sp³-hybridized carbons (Fsp3) is 0.517. The monoisotopic (exact) mass is 471 g/mol. The summed E-state index contributed by atoms with van der Waals surface area (Å²) in [6, 6.07) is 10.4. The molecular weight excluding hydrogens is 434 g/mol. The topological polar surface area (TPSA) is 75.2 Å². The fourth-order valence-corrected chi connectivity index (χ4v) is 5.84. The summed E-state index contributed by atoms with van der Waals surface area (Å²) in [4.78, 5) is 21.1. The van der Waals surface area contributed by atoms with Gasteiger partial charge in [-0.2, -0.15) is 5.26 Å². The molecule has 1 saturated carbocycles. The maximum Gasteiger partial charge on any atom is 0.272 e. The number of carbonyl (C=O) groups is 1. The lowest BCUT2D eigenvalue weighted by Crippen LogP contribution is -2.57. The van der Waals surface area contributed by atoms with Gasteiger partial charge in [0.1, 0.15) is 11.8 Å². The zero-order chi connectivity index (χ0) is 24.6. The Balaban J connectivity index is 1.49. The first-order valence-electron chi connectivity index (χ1n) is 13.0. The molecule has 2 fully saturated rings. The average Bonchev–Trinajstić information content (AvgIpc) is 3.30. The number of nitrogens with one attached hydrogen (secondary N) is 2. The van der Waals surface area contributed by atoms with Gasteiger partial charge in [-0.05, 0) is 80.3 Å². The molecule has 0 unspecified atom stereocenters. The van der Waals surface area contributed by atoms with Gasteiger partial charge in [0.15, 0.2) is 0 Å². The van der Waals surface area contributed by atoms with Crippen LogP contribution < -0.4 is 5.32 Å². The Bertz CT molecular complexity index is 1170. The first kappa shape index (κ1) is 23.8. The van der Waals surface area contributed by atoms with Crippen LogP contribution in [0, 0.1) is 16.7 Å². The van der Waals surface area contributed by atoms with E-state index < -0.39 is 0 Å². The molecule has 5 rings (SSSR count). The van der Waals surface area contributed by atoms with E-state index in [1.54, 1.807) is 12.3 Å². The summed E-state index contributed by atoms with van der Waals surface area (Å²) in [5.41, 5.74) is 6.03. The zero-order valence-electron chi connectivity index (χ0n) is 21.3. The minimum Gasteiger partial charge on any atom is -0.356 e. The van der Waals surface area contributed by atoms with Crippen LogP contribution in [-0.4, -0.2) is 53.9 Å². The molecule has 0 bridgehead atoms. The second kappa shape index (κ2) is 9.29. The maximum absolute atomic E-state index is 13.0. The molecule has 6 heteroatoms. The van der Waals surface area contributed by atoms with Crippen LogP contribution in [0.15, 0.2) is 36.5 Å². The first-order chi connectivity index (χ1) is 16.8. The molecule has 1 aliphatic heterocycles. The third kappa shape index (κ3) is 4.68. The highest BCUT2D eigenvalue weighted by molar-refractivity contribution is 6.04. The quantitative estimate of drug-likeness (QED) is 0.616. The molecule has 2 aromatic rings. The lowest BCUT2D eigenvalue weighted by atomic mass is 9.69. The summed E-state index contributed by atoms with van der Waals surface area (Å²) >= 11 is 0. The van der Waals surface area contributed by atoms with E-state index in [0.29, 0.717) is 16.7 Å². The summed E-state index contributed by atoms with van der Waals surface area (Å²) in [7, 11) is 2.21. The number of aromatic nitrogens is 1. The second-order valence-corrected chi connectivity index (χ2v) is 11.4. The molecule has 2 aliphatic carbocycles. The van der Waals surface area contributed by atoms with Crippen molar-refractivity contribution in [3.8, 4) is 6.07 Å². The van der Waals surface area contributed by atoms with Gasteiger partial charge in [0.25, 0.3) is 5.91 Å². The number of benzene rings is 1. The maximum atomic E-state index is 13.0. The van der Waals surface area contributed by atoms with Crippen LogP contribution in [0.5, 0.6) is 0 Å². The van der Waals surface area contributed by atoms with Gasteiger partial charge >= 0.3 is 0 Å². The number of nitriles is 1. The number of piperazine rings is 1. The molecule has 0 atom stereocenters. The molecule has 35 heavy (non-hydrogen) atoms. The van der Waals surface area contributed by atoms with Crippen molar-refractivity contribution in [2.45, 2.75) is 57.9 Å². The Hall–Kier alpha value is -2.88. The molecule has 1 amide bonds. The van der Waals surface area contributed by atoms with Crippen LogP contribution in [-0.2, 0) is 5.54 Å². The Kier molecular flexibility index (Phi) is 6.33. The molecule has 2 N–H and O–H groups in total. The Morgan fingerprint density at radius 3 is 2.49 bits per heavy atom. The van der Waals surface area contributed by atoms with Crippen molar-refractivity contribution in [1.29, 1.82) is 5.26 Å². The minimum absolute atomic E-state index is 0.119. The van der Waals surface area contributed by atoms with Crippen LogP contribution in [0.4, 0.5) is 5.69 Å². The number of allylic oxidation sites excluding steroid dienone is 2. The lowest BCUT2D eigenvalue weighted by Gasteiger charge is -2.53. The first-order valence-corrected chi connectivity index (χ1v) is 13.0. The Labute approximate surface area is 209 Å². The number of hydrogen-bond donors (Lipinski definition) is 2. The van der Waals surface area contributed by atoms with Crippen LogP contribution in [0.3, 0.4) is 0 Å². The molecule has 184 valence electrons. The predicted molar refractivity (Wildman–Crippen MR) is 140 cm³/mol. The zero-order valence-corrected chi connectivity index (χ0v) is 21.3. The van der Waals surface area contributed by atoms with E-state index in [1.807, 2.05) is 0 Å². The van der Waals surface area contributed by atoms with E-state index in [4.69, 9.17) is 5.26 Å². The van der Waals surface area contributed by atoms with E-state index in [9.17, 15) is 4.79 Å². The van der Waals surface area contributed by atoms with Crippen molar-refractivity contribution in [3.63, 3.8) is 0 Å². The van der Waals surface area contributed by atoms with Gasteiger partial charge in [-0.25, -0.2) is 0 Å². The molecule has 1 saturated heterocycles. The summed E-state index contributed by atoms with van der Waals surface area (Å²) in [6.07, 6.45) is 10.8. The standard InChI is InChI=1S/C29H37N5O/c1-28(2)11-7-22(8-12-28)24-18-23(29(9-4-10-29)34-15-13-33(3)14-16-34)5-6-25(24)32-27(35)26-17-21(19-30)20-31-26/h5-7,17-18,20,31H,4,8-16H2,1-3H3,(H,32,35). The largest absolute Gasteiger partial charge is 0.356 e. The van der Waals surface area contributed by atoms with E-state index in [0.717, 1.165) is 56.7 Å². The Morgan fingerprint density at radius 2 is 1.89 bits per heavy atom. The van der Waals surface area contributed by atoms with Crippen molar-refractivity contribution >= 4 is 17.2 Å². The van der Waals surface area contributed by atoms with Crippen LogP contribution in [0.25, 0.3) is 5.57 Å². The third-order valence-electron chi connectivity index (χ3n) is 8.47. The van der Waals surface area contributed by atoms with E-state index in [2.05, 4.69) is 71.3 Å². The van der Waals surface area contributed by atoms with Crippen LogP contribution >= 0.6 is 0 Å². The molecule has 6 nitrogen and oxygen atoms in total. The van der Waals surface area contributed by atoms with Gasteiger partial charge in [-0.15, -0.1) is 0 Å². The van der Waals surface area contributed by atoms with Gasteiger partial charge in [0.2, 0.25) is 0 Å². The highest BCUT2D eigenvalue weighted by Gasteiger charge is 2.44. The third-order valence-corrected chi connectivity index (χ3v) is 8.47. The summed E-state index contributed by atoms with van der Waals surface area (Å²) < 4.78 is 0. The number of carbonyl (C=O) groups excluding carboxylic acids is 1. The van der Waals surface area contributed by atoms with E-state index in [-0.39, 0.29) is 11.4 Å². The molecule has 1 aromatic carbocycles. The van der Waals surface area contributed by atoms with Crippen molar-refractivity contribution in [3.05, 3.63) is 58.9 Å². The number of rotatable bonds is 5. The smallest absolute Gasteiger partial charge is 0.272 e. The van der Waals surface area contributed by atoms with Crippen molar-refractivity contribution < 1.29 is 4.79 Å². The molecule has 1 aromatic heterocycles. The van der Waals surface area contributed by atoms with Gasteiger partial charge in [-0.3, -0.25) is 9.69 Å². The minimum atomic E-state index is -0.213. The highest BCUT2D eigenvalue weighted by atomic mass is 16.1. The molecule has 3 aliphatic rings. The summed E-state index contributed by atoms with van der Waals surface area (Å²) in [6.45, 7) is 9.10. The van der Waals surface area contributed by atoms with Gasteiger partial charge in [-0.1, -0.05) is 26.0 Å². The lowest BCUT2D eigenvalue weighted by molar-refractivity contribution is -0.0180. The van der Waals surface area contributed by atoms with Crippen LogP contribution in [0.1, 0.15) is 79.6 Å². The fourth-order valence-electron chi connectivity index (χ4n) is 5.84. The highest BCUT2D eigenvalue weighted by Crippen LogP contribution is 2.49. The van der Waals surface area contributed by atoms with Gasteiger partial charge < -0.3 is 15.2 Å². The van der Waals surface area contributed by atoms with Crippen molar-refractivity contribution in [2.24, 2.45) is 5.41 Å². The van der Waals surface area contributed by atoms with Crippen LogP contribution in [0.2, 0.25) is 0 Å². The molecular formula is C29H37N5O. The number of hydrogen-bond acceptors (Lipinski definition) is 4. The average molecular weight is 472 g/mol. The van der Waals surface area contributed by atoms with Crippen molar-refractivity contribution in [2.75, 3.05) is 38.5 Å². The Morgan fingerprint density at radius 1 is 1.11 bits per heavy atom. The van der Waals surface area contributed by atoms with E-state index in [1.165, 1.54) is 30.4 Å². The molecule has 0 spiro atoms. The number of amides is 1. The summed E-state index contributed by atoms with van der Waals surface area (Å²) in [5.74, 6) is -0.213. The van der Waals surface area contributed by atoms with Crippen molar-refractivity contribution in [1.82, 2.24) is 14.8 Å². The molecule has 0 radical (unpaired) electrons. The summed E-state index contributed by atoms with van der Waals surface area (Å²) in [5, 5.41) is 12.3. The van der Waals surface area contributed by atoms with E-state index >= 15 is 0 Å². The predicted octanol–water partition coefficient (Wildman–Crippen LogP) is 5.36. The number of nitrogens with zero attached hydrogens (tertiary/aromatic N) is 3. The SMILES string of the molecule is CN1CCN(C2(c3ccc(NC(=O)c4cc(C#N)c[nH]4)c(C4=CCC(C)(C)CC4)c3)CCC2)CC1. The number of likely N-dealkylation sites (N-methyl/N-ethyl adjacent to an activating group) is 1. The van der Waals surface area contributed by atoms with Gasteiger partial charge in [0.05, 0.1) is 5.56 Å². The number of anilines is 1. The second-order valence-electron chi connectivity index (χ2n) is 11.4. The van der Waals surface area contributed by atoms with Gasteiger partial charge in [0, 0.05) is 49.2 Å².